The van der Waals surface area contributed by atoms with Crippen LogP contribution in [0.3, 0.4) is 0 Å². The van der Waals surface area contributed by atoms with Gasteiger partial charge in [-0.1, -0.05) is 79.6 Å². The average Bonchev–Trinajstić information content (AvgIpc) is 2.60. The zero-order chi connectivity index (χ0) is 19.9. The van der Waals surface area contributed by atoms with E-state index < -0.39 is 0 Å². The van der Waals surface area contributed by atoms with Gasteiger partial charge in [0.1, 0.15) is 6.61 Å². The third-order valence-electron chi connectivity index (χ3n) is 5.12. The van der Waals surface area contributed by atoms with Crippen molar-refractivity contribution in [3.05, 3.63) is 76.4 Å². The maximum absolute atomic E-state index is 10.8. The SMILES string of the molecule is CC(=O)OCc1ccc(/C=C/C=C(C)/C=C/C2=C(C)CCCC2(C)C)cc1. The fourth-order valence-electron chi connectivity index (χ4n) is 3.50. The van der Waals surface area contributed by atoms with E-state index >= 15 is 0 Å². The number of carbonyl (C=O) groups is 1. The van der Waals surface area contributed by atoms with E-state index in [0.29, 0.717) is 6.61 Å². The van der Waals surface area contributed by atoms with Crippen LogP contribution in [-0.4, -0.2) is 5.97 Å². The molecule has 0 aliphatic heterocycles. The predicted octanol–water partition coefficient (Wildman–Crippen LogP) is 6.79. The zero-order valence-corrected chi connectivity index (χ0v) is 17.3. The fraction of sp³-hybridized carbons (Fsp3) is 0.400. The molecule has 0 spiro atoms. The van der Waals surface area contributed by atoms with Gasteiger partial charge in [0.25, 0.3) is 0 Å². The molecule has 2 nitrogen and oxygen atoms in total. The van der Waals surface area contributed by atoms with Crippen LogP contribution in [0.25, 0.3) is 6.08 Å². The van der Waals surface area contributed by atoms with Gasteiger partial charge >= 0.3 is 5.97 Å². The highest BCUT2D eigenvalue weighted by atomic mass is 16.5. The minimum atomic E-state index is -0.254. The topological polar surface area (TPSA) is 26.3 Å². The third-order valence-corrected chi connectivity index (χ3v) is 5.12. The van der Waals surface area contributed by atoms with Gasteiger partial charge in [0.15, 0.2) is 0 Å². The minimum Gasteiger partial charge on any atom is -0.461 e. The number of esters is 1. The Morgan fingerprint density at radius 2 is 1.85 bits per heavy atom. The summed E-state index contributed by atoms with van der Waals surface area (Å²) in [5.74, 6) is -0.254. The minimum absolute atomic E-state index is 0.254. The Labute approximate surface area is 164 Å². The van der Waals surface area contributed by atoms with E-state index in [1.165, 1.54) is 42.9 Å². The normalized spacial score (nSPS) is 17.7. The summed E-state index contributed by atoms with van der Waals surface area (Å²) in [5.41, 5.74) is 6.66. The maximum Gasteiger partial charge on any atom is 0.302 e. The van der Waals surface area contributed by atoms with Crippen molar-refractivity contribution in [2.75, 3.05) is 0 Å². The molecule has 27 heavy (non-hydrogen) atoms. The van der Waals surface area contributed by atoms with Crippen molar-refractivity contribution in [3.8, 4) is 0 Å². The number of carbonyl (C=O) groups excluding carboxylic acids is 1. The Morgan fingerprint density at radius 1 is 1.15 bits per heavy atom. The number of hydrogen-bond donors (Lipinski definition) is 0. The first-order valence-corrected chi connectivity index (χ1v) is 9.73. The molecule has 0 saturated heterocycles. The first kappa shape index (κ1) is 21.0. The van der Waals surface area contributed by atoms with Gasteiger partial charge in [-0.05, 0) is 55.2 Å². The van der Waals surface area contributed by atoms with E-state index in [0.717, 1.165) is 11.1 Å². The van der Waals surface area contributed by atoms with Crippen LogP contribution in [0.4, 0.5) is 0 Å². The Kier molecular flexibility index (Phi) is 7.41. The number of hydrogen-bond acceptors (Lipinski definition) is 2. The second-order valence-corrected chi connectivity index (χ2v) is 8.06. The van der Waals surface area contributed by atoms with Gasteiger partial charge in [0, 0.05) is 6.92 Å². The lowest BCUT2D eigenvalue weighted by molar-refractivity contribution is -0.142. The van der Waals surface area contributed by atoms with Crippen molar-refractivity contribution in [3.63, 3.8) is 0 Å². The molecule has 0 fully saturated rings. The predicted molar refractivity (Wildman–Crippen MR) is 114 cm³/mol. The summed E-state index contributed by atoms with van der Waals surface area (Å²) in [6.07, 6.45) is 14.6. The van der Waals surface area contributed by atoms with Crippen molar-refractivity contribution >= 4 is 12.0 Å². The van der Waals surface area contributed by atoms with Crippen LogP contribution < -0.4 is 0 Å². The van der Waals surface area contributed by atoms with Crippen LogP contribution in [0.2, 0.25) is 0 Å². The van der Waals surface area contributed by atoms with Crippen molar-refractivity contribution in [2.24, 2.45) is 5.41 Å². The summed E-state index contributed by atoms with van der Waals surface area (Å²) in [5, 5.41) is 0. The van der Waals surface area contributed by atoms with E-state index in [1.807, 2.05) is 24.3 Å². The second kappa shape index (κ2) is 9.55. The number of allylic oxidation sites excluding steroid dienone is 7. The van der Waals surface area contributed by atoms with Crippen molar-refractivity contribution < 1.29 is 9.53 Å². The molecule has 2 rings (SSSR count). The first-order valence-electron chi connectivity index (χ1n) is 9.73. The molecule has 0 bridgehead atoms. The smallest absolute Gasteiger partial charge is 0.302 e. The van der Waals surface area contributed by atoms with Crippen molar-refractivity contribution in [1.82, 2.24) is 0 Å². The average molecular weight is 365 g/mol. The Bertz CT molecular complexity index is 771. The third kappa shape index (κ3) is 6.71. The molecule has 2 heteroatoms. The zero-order valence-electron chi connectivity index (χ0n) is 17.3. The van der Waals surface area contributed by atoms with E-state index in [9.17, 15) is 4.79 Å². The van der Waals surface area contributed by atoms with Crippen LogP contribution in [0.5, 0.6) is 0 Å². The van der Waals surface area contributed by atoms with Gasteiger partial charge in [-0.15, -0.1) is 0 Å². The van der Waals surface area contributed by atoms with Crippen LogP contribution in [0.1, 0.15) is 65.0 Å². The van der Waals surface area contributed by atoms with E-state index in [1.54, 1.807) is 0 Å². The lowest BCUT2D eigenvalue weighted by Gasteiger charge is -2.32. The lowest BCUT2D eigenvalue weighted by Crippen LogP contribution is -2.19. The standard InChI is InChI=1S/C25H32O2/c1-19(11-16-24-20(2)9-7-17-25(24,4)5)8-6-10-22-12-14-23(15-13-22)18-27-21(3)26/h6,8,10-16H,7,9,17-18H2,1-5H3/b10-6+,16-11+,19-8+. The highest BCUT2D eigenvalue weighted by molar-refractivity contribution is 5.66. The van der Waals surface area contributed by atoms with E-state index in [2.05, 4.69) is 58.1 Å². The summed E-state index contributed by atoms with van der Waals surface area (Å²) < 4.78 is 5.00. The molecule has 1 aromatic carbocycles. The molecule has 0 N–H and O–H groups in total. The monoisotopic (exact) mass is 364 g/mol. The second-order valence-electron chi connectivity index (χ2n) is 8.06. The Morgan fingerprint density at radius 3 is 2.48 bits per heavy atom. The Hall–Kier alpha value is -2.35. The van der Waals surface area contributed by atoms with Crippen LogP contribution >= 0.6 is 0 Å². The van der Waals surface area contributed by atoms with Gasteiger partial charge in [-0.3, -0.25) is 4.79 Å². The van der Waals surface area contributed by atoms with Gasteiger partial charge in [0.2, 0.25) is 0 Å². The molecule has 1 aliphatic rings. The Balaban J connectivity index is 1.97. The summed E-state index contributed by atoms with van der Waals surface area (Å²) in [7, 11) is 0. The molecule has 0 radical (unpaired) electrons. The molecule has 0 unspecified atom stereocenters. The number of ether oxygens (including phenoxy) is 1. The summed E-state index contributed by atoms with van der Waals surface area (Å²) in [4.78, 5) is 10.8. The number of rotatable bonds is 6. The number of benzene rings is 1. The van der Waals surface area contributed by atoms with Crippen LogP contribution in [-0.2, 0) is 16.1 Å². The van der Waals surface area contributed by atoms with Gasteiger partial charge in [0.05, 0.1) is 0 Å². The summed E-state index contributed by atoms with van der Waals surface area (Å²) >= 11 is 0. The highest BCUT2D eigenvalue weighted by Gasteiger charge is 2.26. The molecule has 144 valence electrons. The van der Waals surface area contributed by atoms with Gasteiger partial charge < -0.3 is 4.74 Å². The lowest BCUT2D eigenvalue weighted by atomic mass is 9.72. The molecule has 0 heterocycles. The van der Waals surface area contributed by atoms with Gasteiger partial charge in [-0.2, -0.15) is 0 Å². The molecular weight excluding hydrogens is 332 g/mol. The van der Waals surface area contributed by atoms with Crippen LogP contribution in [0, 0.1) is 5.41 Å². The first-order chi connectivity index (χ1) is 12.8. The van der Waals surface area contributed by atoms with E-state index in [4.69, 9.17) is 4.74 Å². The molecule has 0 saturated carbocycles. The summed E-state index contributed by atoms with van der Waals surface area (Å²) in [6, 6.07) is 8.04. The van der Waals surface area contributed by atoms with Crippen molar-refractivity contribution in [1.29, 1.82) is 0 Å². The highest BCUT2D eigenvalue weighted by Crippen LogP contribution is 2.40. The molecule has 0 aromatic heterocycles. The maximum atomic E-state index is 10.8. The molecular formula is C25H32O2. The van der Waals surface area contributed by atoms with Crippen LogP contribution in [0.15, 0.2) is 65.3 Å². The fourth-order valence-corrected chi connectivity index (χ4v) is 3.50. The summed E-state index contributed by atoms with van der Waals surface area (Å²) in [6.45, 7) is 10.8. The molecule has 1 aromatic rings. The van der Waals surface area contributed by atoms with E-state index in [-0.39, 0.29) is 11.4 Å². The molecule has 0 amide bonds. The quantitative estimate of drug-likeness (QED) is 0.410. The molecule has 0 atom stereocenters. The molecule has 1 aliphatic carbocycles. The van der Waals surface area contributed by atoms with Crippen molar-refractivity contribution in [2.45, 2.75) is 60.5 Å². The largest absolute Gasteiger partial charge is 0.461 e. The van der Waals surface area contributed by atoms with Gasteiger partial charge in [-0.25, -0.2) is 0 Å².